The second-order valence-corrected chi connectivity index (χ2v) is 12.4. The minimum Gasteiger partial charge on any atom is -0.488 e. The predicted octanol–water partition coefficient (Wildman–Crippen LogP) is 5.72. The molecule has 0 spiro atoms. The molecule has 1 saturated carbocycles. The molecule has 4 aromatic rings. The summed E-state index contributed by atoms with van der Waals surface area (Å²) in [7, 11) is 0. The first-order valence-corrected chi connectivity index (χ1v) is 14.7. The second-order valence-electron chi connectivity index (χ2n) is 10.8. The van der Waals surface area contributed by atoms with Crippen molar-refractivity contribution in [3.05, 3.63) is 79.0 Å². The van der Waals surface area contributed by atoms with Gasteiger partial charge in [-0.3, -0.25) is 23.8 Å². The second kappa shape index (κ2) is 10.6. The first-order chi connectivity index (χ1) is 19.5. The molecule has 3 atom stereocenters. The van der Waals surface area contributed by atoms with Crippen molar-refractivity contribution in [3.63, 3.8) is 0 Å². The number of rotatable bonds is 7. The van der Waals surface area contributed by atoms with Gasteiger partial charge in [-0.1, -0.05) is 18.5 Å². The smallest absolute Gasteiger partial charge is 0.406 e. The van der Waals surface area contributed by atoms with Gasteiger partial charge in [0, 0.05) is 52.1 Å². The molecule has 1 saturated heterocycles. The molecular formula is C29H28ClF3N4O3S. The lowest BCUT2D eigenvalue weighted by Gasteiger charge is -2.33. The number of hydrogen-bond donors (Lipinski definition) is 0. The Bertz CT molecular complexity index is 1750. The first kappa shape index (κ1) is 28.0. The third-order valence-electron chi connectivity index (χ3n) is 8.00. The van der Waals surface area contributed by atoms with E-state index in [0.717, 1.165) is 69.9 Å². The van der Waals surface area contributed by atoms with Gasteiger partial charge >= 0.3 is 11.9 Å². The van der Waals surface area contributed by atoms with E-state index in [1.807, 2.05) is 25.1 Å². The molecule has 2 aliphatic rings. The number of piperidine rings is 1. The Kier molecular flexibility index (Phi) is 7.24. The van der Waals surface area contributed by atoms with Crippen LogP contribution < -0.4 is 16.0 Å². The van der Waals surface area contributed by atoms with Crippen LogP contribution in [0.3, 0.4) is 0 Å². The highest BCUT2D eigenvalue weighted by Gasteiger charge is 2.45. The minimum absolute atomic E-state index is 0.0763. The van der Waals surface area contributed by atoms with E-state index in [4.69, 9.17) is 16.3 Å². The SMILES string of the molecule is CCN1C[C@H]2C[C@@H]1[C@H](Oc1c(C)cc(Cl)cc1-c1ccnc3cc(Cn4c(=O)ccn(CC(F)(F)F)c4=O)sc13)C2. The molecule has 1 aliphatic carbocycles. The van der Waals surface area contributed by atoms with Crippen LogP contribution in [0.5, 0.6) is 5.75 Å². The predicted molar refractivity (Wildman–Crippen MR) is 153 cm³/mol. The summed E-state index contributed by atoms with van der Waals surface area (Å²) in [6.45, 7) is 4.60. The maximum Gasteiger partial charge on any atom is 0.406 e. The fourth-order valence-electron chi connectivity index (χ4n) is 6.25. The standard InChI is InChI=1S/C29H28ClF3N4O3S/c1-3-35-13-17-9-23(35)24(10-17)40-26-16(2)8-18(30)11-21(26)20-4-6-34-22-12-19(41-27(20)22)14-37-25(38)5-7-36(28(37)39)15-29(31,32)33/h4-8,11-12,17,23-24H,3,9-10,13-15H2,1-2H3/t17-,23+,24+/m0/s1. The van der Waals surface area contributed by atoms with Crippen molar-refractivity contribution >= 4 is 33.2 Å². The van der Waals surface area contributed by atoms with Crippen LogP contribution in [-0.2, 0) is 13.1 Å². The highest BCUT2D eigenvalue weighted by molar-refractivity contribution is 7.19. The molecular weight excluding hydrogens is 577 g/mol. The fraction of sp³-hybridized carbons (Fsp3) is 0.414. The Hall–Kier alpha value is -3.15. The third-order valence-corrected chi connectivity index (χ3v) is 9.36. The van der Waals surface area contributed by atoms with Crippen LogP contribution in [-0.4, -0.2) is 50.4 Å². The van der Waals surface area contributed by atoms with Gasteiger partial charge in [0.05, 0.1) is 16.8 Å². The Morgan fingerprint density at radius 3 is 2.68 bits per heavy atom. The number of benzene rings is 1. The number of likely N-dealkylation sites (tertiary alicyclic amines) is 1. The Labute approximate surface area is 242 Å². The largest absolute Gasteiger partial charge is 0.488 e. The summed E-state index contributed by atoms with van der Waals surface area (Å²) in [5.41, 5.74) is 1.54. The molecule has 6 rings (SSSR count). The summed E-state index contributed by atoms with van der Waals surface area (Å²) >= 11 is 7.86. The molecule has 216 valence electrons. The van der Waals surface area contributed by atoms with Gasteiger partial charge in [-0.15, -0.1) is 11.3 Å². The molecule has 1 aliphatic heterocycles. The summed E-state index contributed by atoms with van der Waals surface area (Å²) < 4.78 is 47.7. The van der Waals surface area contributed by atoms with Crippen LogP contribution >= 0.6 is 22.9 Å². The summed E-state index contributed by atoms with van der Waals surface area (Å²) in [4.78, 5) is 32.8. The van der Waals surface area contributed by atoms with E-state index in [2.05, 4.69) is 16.8 Å². The number of aromatic nitrogens is 3. The molecule has 0 amide bonds. The number of pyridine rings is 1. The molecule has 7 nitrogen and oxygen atoms in total. The van der Waals surface area contributed by atoms with E-state index >= 15 is 0 Å². The number of likely N-dealkylation sites (N-methyl/N-ethyl adjacent to an activating group) is 1. The van der Waals surface area contributed by atoms with E-state index in [1.165, 1.54) is 11.3 Å². The Morgan fingerprint density at radius 2 is 1.95 bits per heavy atom. The van der Waals surface area contributed by atoms with Crippen LogP contribution in [0.25, 0.3) is 21.3 Å². The topological polar surface area (TPSA) is 69.4 Å². The van der Waals surface area contributed by atoms with Gasteiger partial charge < -0.3 is 4.74 Å². The number of aryl methyl sites for hydroxylation is 1. The molecule has 12 heteroatoms. The van der Waals surface area contributed by atoms with Crippen molar-refractivity contribution in [1.82, 2.24) is 19.0 Å². The van der Waals surface area contributed by atoms with Crippen molar-refractivity contribution < 1.29 is 17.9 Å². The summed E-state index contributed by atoms with van der Waals surface area (Å²) in [6, 6.07) is 8.74. The van der Waals surface area contributed by atoms with E-state index in [1.54, 1.807) is 12.3 Å². The Balaban J connectivity index is 1.38. The van der Waals surface area contributed by atoms with Gasteiger partial charge in [0.25, 0.3) is 5.56 Å². The average Bonchev–Trinajstić information content (AvgIpc) is 3.62. The maximum absolute atomic E-state index is 12.9. The van der Waals surface area contributed by atoms with Gasteiger partial charge in [0.15, 0.2) is 0 Å². The molecule has 3 aromatic heterocycles. The zero-order chi connectivity index (χ0) is 29.1. The normalized spacial score (nSPS) is 20.8. The molecule has 41 heavy (non-hydrogen) atoms. The van der Waals surface area contributed by atoms with Crippen molar-refractivity contribution in [2.45, 2.75) is 58.1 Å². The quantitative estimate of drug-likeness (QED) is 0.270. The highest BCUT2D eigenvalue weighted by atomic mass is 35.5. The fourth-order valence-corrected chi connectivity index (χ4v) is 7.66. The summed E-state index contributed by atoms with van der Waals surface area (Å²) in [5.74, 6) is 1.40. The van der Waals surface area contributed by atoms with E-state index in [-0.39, 0.29) is 12.6 Å². The monoisotopic (exact) mass is 604 g/mol. The van der Waals surface area contributed by atoms with Gasteiger partial charge in [-0.25, -0.2) is 4.79 Å². The summed E-state index contributed by atoms with van der Waals surface area (Å²) in [5, 5.41) is 0.566. The molecule has 0 N–H and O–H groups in total. The molecule has 0 unspecified atom stereocenters. The Morgan fingerprint density at radius 1 is 1.15 bits per heavy atom. The van der Waals surface area contributed by atoms with Gasteiger partial charge in [0.1, 0.15) is 18.4 Å². The number of nitrogens with zero attached hydrogens (tertiary/aromatic N) is 4. The molecule has 2 bridgehead atoms. The van der Waals surface area contributed by atoms with Gasteiger partial charge in [-0.05, 0) is 62.1 Å². The lowest BCUT2D eigenvalue weighted by molar-refractivity contribution is -0.141. The molecule has 1 aromatic carbocycles. The number of ether oxygens (including phenoxy) is 1. The maximum atomic E-state index is 12.9. The van der Waals surface area contributed by atoms with E-state index < -0.39 is 24.0 Å². The third kappa shape index (κ3) is 5.42. The molecule has 2 fully saturated rings. The highest BCUT2D eigenvalue weighted by Crippen LogP contribution is 2.45. The number of hydrogen-bond acceptors (Lipinski definition) is 6. The molecule has 4 heterocycles. The van der Waals surface area contributed by atoms with Crippen molar-refractivity contribution in [2.75, 3.05) is 13.1 Å². The van der Waals surface area contributed by atoms with E-state index in [0.29, 0.717) is 31.9 Å². The van der Waals surface area contributed by atoms with Crippen LogP contribution in [0.1, 0.15) is 30.2 Å². The van der Waals surface area contributed by atoms with Crippen LogP contribution in [0.15, 0.2) is 52.3 Å². The van der Waals surface area contributed by atoms with Gasteiger partial charge in [-0.2, -0.15) is 13.2 Å². The van der Waals surface area contributed by atoms with Gasteiger partial charge in [0.2, 0.25) is 0 Å². The summed E-state index contributed by atoms with van der Waals surface area (Å²) in [6.07, 6.45) is 0.178. The lowest BCUT2D eigenvalue weighted by atomic mass is 10.0. The first-order valence-electron chi connectivity index (χ1n) is 13.5. The minimum atomic E-state index is -4.59. The average molecular weight is 605 g/mol. The number of fused-ring (bicyclic) bond motifs is 3. The number of halogens is 4. The van der Waals surface area contributed by atoms with Crippen LogP contribution in [0, 0.1) is 12.8 Å². The lowest BCUT2D eigenvalue weighted by Crippen LogP contribution is -2.43. The molecule has 0 radical (unpaired) electrons. The van der Waals surface area contributed by atoms with Crippen molar-refractivity contribution in [1.29, 1.82) is 0 Å². The van der Waals surface area contributed by atoms with Crippen molar-refractivity contribution in [3.8, 4) is 16.9 Å². The van der Waals surface area contributed by atoms with Crippen LogP contribution in [0.2, 0.25) is 5.02 Å². The zero-order valence-electron chi connectivity index (χ0n) is 22.4. The van der Waals surface area contributed by atoms with Crippen molar-refractivity contribution in [2.24, 2.45) is 5.92 Å². The van der Waals surface area contributed by atoms with Crippen LogP contribution in [0.4, 0.5) is 13.2 Å². The number of alkyl halides is 3. The number of thiophene rings is 1. The zero-order valence-corrected chi connectivity index (χ0v) is 24.0. The van der Waals surface area contributed by atoms with E-state index in [9.17, 15) is 22.8 Å².